The number of esters is 1. The Morgan fingerprint density at radius 1 is 1.10 bits per heavy atom. The first kappa shape index (κ1) is 32.7. The van der Waals surface area contributed by atoms with Gasteiger partial charge >= 0.3 is 13.5 Å². The van der Waals surface area contributed by atoms with Gasteiger partial charge in [0.1, 0.15) is 24.2 Å². The fourth-order valence-electron chi connectivity index (χ4n) is 3.89. The molecule has 2 heterocycles. The SMILES string of the molecule is CCCCCOC(=O)[C@H](C)NP(=O)(CO[C@H](C)Cn1cnc2c(N)ncnc21)ON=C(CC(C)C)CC(C)C. The molecule has 2 aromatic heterocycles. The monoisotopic (exact) mass is 567 g/mol. The van der Waals surface area contributed by atoms with Crippen LogP contribution in [0.1, 0.15) is 80.6 Å². The van der Waals surface area contributed by atoms with E-state index >= 15 is 0 Å². The molecule has 0 aliphatic rings. The number of unbranched alkanes of at least 4 members (excludes halogenated alkanes) is 2. The van der Waals surface area contributed by atoms with Gasteiger partial charge in [-0.3, -0.25) is 9.36 Å². The van der Waals surface area contributed by atoms with Crippen LogP contribution in [0.15, 0.2) is 17.8 Å². The molecule has 0 aliphatic heterocycles. The zero-order chi connectivity index (χ0) is 29.0. The largest absolute Gasteiger partial charge is 0.465 e. The number of fused-ring (bicyclic) bond motifs is 1. The molecule has 3 atom stereocenters. The van der Waals surface area contributed by atoms with Crippen LogP contribution in [-0.2, 0) is 30.0 Å². The lowest BCUT2D eigenvalue weighted by Crippen LogP contribution is -2.35. The van der Waals surface area contributed by atoms with E-state index in [1.807, 2.05) is 6.92 Å². The molecule has 0 radical (unpaired) electrons. The first-order chi connectivity index (χ1) is 18.4. The van der Waals surface area contributed by atoms with E-state index in [0.29, 0.717) is 54.8 Å². The van der Waals surface area contributed by atoms with Crippen LogP contribution in [-0.4, -0.2) is 56.3 Å². The molecule has 0 amide bonds. The van der Waals surface area contributed by atoms with Crippen molar-refractivity contribution in [3.05, 3.63) is 12.7 Å². The maximum absolute atomic E-state index is 13.9. The van der Waals surface area contributed by atoms with E-state index < -0.39 is 25.6 Å². The summed E-state index contributed by atoms with van der Waals surface area (Å²) in [5.74, 6) is 0.504. The van der Waals surface area contributed by atoms with E-state index in [1.54, 1.807) is 17.8 Å². The van der Waals surface area contributed by atoms with E-state index in [1.165, 1.54) is 6.33 Å². The number of aromatic nitrogens is 4. The Balaban J connectivity index is 2.14. The molecule has 0 aliphatic carbocycles. The number of carbonyl (C=O) groups excluding carboxylic acids is 1. The summed E-state index contributed by atoms with van der Waals surface area (Å²) in [5.41, 5.74) is 7.77. The minimum absolute atomic E-state index is 0.293. The number of hydrogen-bond donors (Lipinski definition) is 2. The number of nitrogens with two attached hydrogens (primary N) is 1. The summed E-state index contributed by atoms with van der Waals surface area (Å²) < 4.78 is 32.7. The van der Waals surface area contributed by atoms with Crippen molar-refractivity contribution in [1.29, 1.82) is 0 Å². The summed E-state index contributed by atoms with van der Waals surface area (Å²) in [6, 6.07) is -0.873. The Bertz CT molecular complexity index is 1110. The highest BCUT2D eigenvalue weighted by molar-refractivity contribution is 7.56. The van der Waals surface area contributed by atoms with Crippen LogP contribution >= 0.6 is 7.52 Å². The van der Waals surface area contributed by atoms with Crippen LogP contribution in [0.3, 0.4) is 0 Å². The molecule has 0 saturated heterocycles. The van der Waals surface area contributed by atoms with Gasteiger partial charge in [0.2, 0.25) is 0 Å². The van der Waals surface area contributed by atoms with Crippen LogP contribution in [0.2, 0.25) is 0 Å². The van der Waals surface area contributed by atoms with Gasteiger partial charge in [-0.1, -0.05) is 52.6 Å². The molecule has 13 heteroatoms. The molecule has 0 saturated carbocycles. The van der Waals surface area contributed by atoms with Gasteiger partial charge in [0.15, 0.2) is 11.5 Å². The number of anilines is 1. The third-order valence-electron chi connectivity index (χ3n) is 5.74. The number of ether oxygens (including phenoxy) is 2. The van der Waals surface area contributed by atoms with Crippen molar-refractivity contribution in [3.8, 4) is 0 Å². The van der Waals surface area contributed by atoms with E-state index in [9.17, 15) is 9.36 Å². The summed E-state index contributed by atoms with van der Waals surface area (Å²) in [7, 11) is -3.75. The number of imidazole rings is 1. The summed E-state index contributed by atoms with van der Waals surface area (Å²) in [6.45, 7) is 14.6. The lowest BCUT2D eigenvalue weighted by atomic mass is 9.99. The molecule has 1 unspecified atom stereocenters. The first-order valence-electron chi connectivity index (χ1n) is 13.7. The predicted octanol–water partition coefficient (Wildman–Crippen LogP) is 5.14. The third-order valence-corrected chi connectivity index (χ3v) is 7.35. The number of nitrogens with one attached hydrogen (secondary N) is 1. The standard InChI is InChI=1S/C26H46N7O5P/c1-8-9-10-11-36-26(34)21(7)32-39(35,38-31-22(12-18(2)3)13-19(4)5)17-37-20(6)14-33-16-30-23-24(27)28-15-29-25(23)33/h15-16,18-21H,8-14,17H2,1-7H3,(H,32,35)(H2,27,28,29)/t20-,21+,39?/m1/s1. The van der Waals surface area contributed by atoms with Gasteiger partial charge in [0, 0.05) is 0 Å². The number of hydrogen-bond acceptors (Lipinski definition) is 10. The second-order valence-electron chi connectivity index (χ2n) is 10.8. The van der Waals surface area contributed by atoms with E-state index in [2.05, 4.69) is 59.8 Å². The summed E-state index contributed by atoms with van der Waals surface area (Å²) in [4.78, 5) is 25.0. The maximum Gasteiger partial charge on any atom is 0.364 e. The van der Waals surface area contributed by atoms with Crippen molar-refractivity contribution in [3.63, 3.8) is 0 Å². The molecular formula is C26H46N7O5P. The van der Waals surface area contributed by atoms with Crippen LogP contribution in [0.5, 0.6) is 0 Å². The molecule has 39 heavy (non-hydrogen) atoms. The fourth-order valence-corrected chi connectivity index (χ4v) is 5.46. The molecule has 2 rings (SSSR count). The smallest absolute Gasteiger partial charge is 0.364 e. The average molecular weight is 568 g/mol. The number of nitrogens with zero attached hydrogens (tertiary/aromatic N) is 5. The highest BCUT2D eigenvalue weighted by Gasteiger charge is 2.32. The Hall–Kier alpha value is -2.56. The van der Waals surface area contributed by atoms with Gasteiger partial charge in [0.05, 0.1) is 31.3 Å². The molecule has 12 nitrogen and oxygen atoms in total. The van der Waals surface area contributed by atoms with Gasteiger partial charge in [0.25, 0.3) is 0 Å². The Labute approximate surface area is 232 Å². The number of rotatable bonds is 18. The van der Waals surface area contributed by atoms with Gasteiger partial charge in [-0.2, -0.15) is 0 Å². The zero-order valence-electron chi connectivity index (χ0n) is 24.4. The highest BCUT2D eigenvalue weighted by atomic mass is 31.2. The minimum atomic E-state index is -3.75. The Kier molecular flexibility index (Phi) is 13.3. The van der Waals surface area contributed by atoms with Gasteiger partial charge in [-0.05, 0) is 44.9 Å². The van der Waals surface area contributed by atoms with E-state index in [4.69, 9.17) is 19.8 Å². The van der Waals surface area contributed by atoms with Gasteiger partial charge in [-0.25, -0.2) is 20.0 Å². The molecule has 2 aromatic rings. The van der Waals surface area contributed by atoms with Crippen LogP contribution in [0.4, 0.5) is 5.82 Å². The first-order valence-corrected chi connectivity index (χ1v) is 15.6. The lowest BCUT2D eigenvalue weighted by molar-refractivity contribution is -0.145. The van der Waals surface area contributed by atoms with Crippen molar-refractivity contribution in [1.82, 2.24) is 24.6 Å². The fraction of sp³-hybridized carbons (Fsp3) is 0.731. The van der Waals surface area contributed by atoms with Crippen molar-refractivity contribution in [2.45, 2.75) is 99.3 Å². The predicted molar refractivity (Wildman–Crippen MR) is 153 cm³/mol. The normalized spacial score (nSPS) is 14.8. The van der Waals surface area contributed by atoms with Crippen LogP contribution in [0, 0.1) is 11.8 Å². The van der Waals surface area contributed by atoms with Crippen molar-refractivity contribution in [2.75, 3.05) is 18.7 Å². The van der Waals surface area contributed by atoms with Crippen LogP contribution in [0.25, 0.3) is 11.2 Å². The number of nitrogen functional groups attached to an aromatic ring is 1. The minimum Gasteiger partial charge on any atom is -0.465 e. The second-order valence-corrected chi connectivity index (χ2v) is 12.8. The highest BCUT2D eigenvalue weighted by Crippen LogP contribution is 2.44. The number of carbonyl (C=O) groups is 1. The molecule has 0 bridgehead atoms. The molecule has 0 fully saturated rings. The quantitative estimate of drug-likeness (QED) is 0.0813. The topological polar surface area (TPSA) is 156 Å². The molecule has 220 valence electrons. The maximum atomic E-state index is 13.9. The van der Waals surface area contributed by atoms with Crippen molar-refractivity contribution in [2.24, 2.45) is 17.0 Å². The van der Waals surface area contributed by atoms with Gasteiger partial charge < -0.3 is 24.4 Å². The Morgan fingerprint density at radius 2 is 1.79 bits per heavy atom. The third kappa shape index (κ3) is 11.2. The molecule has 0 spiro atoms. The number of oxime groups is 1. The lowest BCUT2D eigenvalue weighted by Gasteiger charge is -2.23. The van der Waals surface area contributed by atoms with Crippen molar-refractivity contribution < 1.29 is 23.5 Å². The zero-order valence-corrected chi connectivity index (χ0v) is 25.3. The molecular weight excluding hydrogens is 521 g/mol. The molecule has 3 N–H and O–H groups in total. The van der Waals surface area contributed by atoms with Gasteiger partial charge in [-0.15, -0.1) is 0 Å². The van der Waals surface area contributed by atoms with Crippen LogP contribution < -0.4 is 10.8 Å². The van der Waals surface area contributed by atoms with Crippen molar-refractivity contribution >= 4 is 36.2 Å². The summed E-state index contributed by atoms with van der Waals surface area (Å²) in [6.07, 6.45) is 6.47. The second kappa shape index (κ2) is 15.9. The molecule has 0 aromatic carbocycles. The summed E-state index contributed by atoms with van der Waals surface area (Å²) in [5, 5.41) is 7.11. The van der Waals surface area contributed by atoms with E-state index in [0.717, 1.165) is 25.0 Å². The van der Waals surface area contributed by atoms with E-state index in [-0.39, 0.29) is 6.35 Å². The summed E-state index contributed by atoms with van der Waals surface area (Å²) >= 11 is 0. The average Bonchev–Trinajstić information content (AvgIpc) is 3.27. The Morgan fingerprint density at radius 3 is 2.44 bits per heavy atom.